The number of aromatic hydroxyl groups is 1. The van der Waals surface area contributed by atoms with Crippen molar-refractivity contribution in [2.45, 2.75) is 25.9 Å². The van der Waals surface area contributed by atoms with Gasteiger partial charge in [-0.25, -0.2) is 4.98 Å². The fraction of sp³-hybridized carbons (Fsp3) is 0.263. The van der Waals surface area contributed by atoms with Gasteiger partial charge in [0.1, 0.15) is 11.4 Å². The molecular formula is C19H21N3O2. The second kappa shape index (κ2) is 6.84. The Balaban J connectivity index is 1.73. The second-order valence-electron chi connectivity index (χ2n) is 6.15. The van der Waals surface area contributed by atoms with Crippen LogP contribution in [0.1, 0.15) is 18.2 Å². The van der Waals surface area contributed by atoms with E-state index in [9.17, 15) is 9.90 Å². The summed E-state index contributed by atoms with van der Waals surface area (Å²) in [6, 6.07) is 14.7. The van der Waals surface area contributed by atoms with Crippen molar-refractivity contribution in [3.05, 3.63) is 76.3 Å². The largest absolute Gasteiger partial charge is 0.508 e. The monoisotopic (exact) mass is 323 g/mol. The third kappa shape index (κ3) is 3.63. The standard InChI is InChI=1S/C19H21N3O2/c1-14(11-15-6-8-17(23)9-7-15)21(2)13-16-12-19(24)22-10-4-3-5-18(22)20-16/h3-10,12,14,23H,11,13H2,1-2H3. The molecule has 0 bridgehead atoms. The van der Waals surface area contributed by atoms with Crippen molar-refractivity contribution >= 4 is 5.65 Å². The molecule has 124 valence electrons. The van der Waals surface area contributed by atoms with Gasteiger partial charge >= 0.3 is 0 Å². The Kier molecular flexibility index (Phi) is 4.62. The van der Waals surface area contributed by atoms with Crippen molar-refractivity contribution in [1.29, 1.82) is 0 Å². The van der Waals surface area contributed by atoms with Gasteiger partial charge < -0.3 is 5.11 Å². The number of phenolic OH excluding ortho intramolecular Hbond substituents is 1. The molecule has 3 aromatic rings. The molecule has 0 radical (unpaired) electrons. The molecule has 0 saturated carbocycles. The first-order valence-electron chi connectivity index (χ1n) is 7.98. The van der Waals surface area contributed by atoms with E-state index in [0.29, 0.717) is 12.2 Å². The molecule has 1 aromatic carbocycles. The molecule has 0 aliphatic heterocycles. The summed E-state index contributed by atoms with van der Waals surface area (Å²) in [4.78, 5) is 18.9. The van der Waals surface area contributed by atoms with Gasteiger partial charge in [-0.2, -0.15) is 0 Å². The molecule has 24 heavy (non-hydrogen) atoms. The number of nitrogens with zero attached hydrogens (tertiary/aromatic N) is 3. The third-order valence-electron chi connectivity index (χ3n) is 4.26. The van der Waals surface area contributed by atoms with E-state index < -0.39 is 0 Å². The average molecular weight is 323 g/mol. The Labute approximate surface area is 140 Å². The van der Waals surface area contributed by atoms with Crippen molar-refractivity contribution in [1.82, 2.24) is 14.3 Å². The maximum absolute atomic E-state index is 12.2. The van der Waals surface area contributed by atoms with Crippen LogP contribution in [0.25, 0.3) is 5.65 Å². The maximum Gasteiger partial charge on any atom is 0.258 e. The van der Waals surface area contributed by atoms with Crippen LogP contribution in [-0.2, 0) is 13.0 Å². The van der Waals surface area contributed by atoms with Gasteiger partial charge in [0, 0.05) is 24.8 Å². The predicted octanol–water partition coefficient (Wildman–Crippen LogP) is 2.46. The number of benzene rings is 1. The SMILES string of the molecule is CC(Cc1ccc(O)cc1)N(C)Cc1cc(=O)n2ccccc2n1. The number of likely N-dealkylation sites (N-methyl/N-ethyl adjacent to an activating group) is 1. The zero-order valence-electron chi connectivity index (χ0n) is 13.9. The van der Waals surface area contributed by atoms with Crippen LogP contribution in [0.15, 0.2) is 59.5 Å². The predicted molar refractivity (Wildman–Crippen MR) is 94.2 cm³/mol. The molecule has 5 nitrogen and oxygen atoms in total. The highest BCUT2D eigenvalue weighted by molar-refractivity contribution is 5.38. The summed E-state index contributed by atoms with van der Waals surface area (Å²) in [6.45, 7) is 2.75. The van der Waals surface area contributed by atoms with Gasteiger partial charge in [0.2, 0.25) is 0 Å². The number of hydrogen-bond donors (Lipinski definition) is 1. The molecule has 0 fully saturated rings. The van der Waals surface area contributed by atoms with E-state index in [0.717, 1.165) is 12.1 Å². The van der Waals surface area contributed by atoms with Gasteiger partial charge in [-0.05, 0) is 50.2 Å². The summed E-state index contributed by atoms with van der Waals surface area (Å²) in [7, 11) is 2.03. The minimum Gasteiger partial charge on any atom is -0.508 e. The van der Waals surface area contributed by atoms with Gasteiger partial charge in [0.05, 0.1) is 5.69 Å². The van der Waals surface area contributed by atoms with Gasteiger partial charge in [-0.3, -0.25) is 14.1 Å². The van der Waals surface area contributed by atoms with Crippen LogP contribution in [0.4, 0.5) is 0 Å². The molecule has 2 aromatic heterocycles. The first-order chi connectivity index (χ1) is 11.5. The number of rotatable bonds is 5. The fourth-order valence-electron chi connectivity index (χ4n) is 2.72. The van der Waals surface area contributed by atoms with Crippen LogP contribution in [0.2, 0.25) is 0 Å². The molecule has 0 saturated heterocycles. The Hall–Kier alpha value is -2.66. The van der Waals surface area contributed by atoms with Crippen molar-refractivity contribution in [2.24, 2.45) is 0 Å². The molecule has 0 spiro atoms. The zero-order valence-corrected chi connectivity index (χ0v) is 13.9. The summed E-state index contributed by atoms with van der Waals surface area (Å²) >= 11 is 0. The number of pyridine rings is 1. The summed E-state index contributed by atoms with van der Waals surface area (Å²) in [6.07, 6.45) is 2.59. The highest BCUT2D eigenvalue weighted by Crippen LogP contribution is 2.14. The van der Waals surface area contributed by atoms with E-state index in [1.165, 1.54) is 5.56 Å². The Bertz CT molecular complexity index is 887. The van der Waals surface area contributed by atoms with E-state index in [1.54, 1.807) is 28.8 Å². The lowest BCUT2D eigenvalue weighted by atomic mass is 10.1. The first-order valence-corrected chi connectivity index (χ1v) is 7.98. The van der Waals surface area contributed by atoms with E-state index in [1.807, 2.05) is 37.4 Å². The summed E-state index contributed by atoms with van der Waals surface area (Å²) in [5.74, 6) is 0.278. The Morgan fingerprint density at radius 1 is 1.21 bits per heavy atom. The van der Waals surface area contributed by atoms with E-state index in [2.05, 4.69) is 16.8 Å². The summed E-state index contributed by atoms with van der Waals surface area (Å²) in [5.41, 5.74) is 2.54. The molecule has 5 heteroatoms. The lowest BCUT2D eigenvalue weighted by molar-refractivity contribution is 0.245. The highest BCUT2D eigenvalue weighted by Gasteiger charge is 2.12. The van der Waals surface area contributed by atoms with Crippen LogP contribution >= 0.6 is 0 Å². The second-order valence-corrected chi connectivity index (χ2v) is 6.15. The molecule has 1 N–H and O–H groups in total. The van der Waals surface area contributed by atoms with Crippen LogP contribution in [-0.4, -0.2) is 32.5 Å². The number of fused-ring (bicyclic) bond motifs is 1. The van der Waals surface area contributed by atoms with Gasteiger partial charge in [0.15, 0.2) is 0 Å². The normalized spacial score (nSPS) is 12.6. The Morgan fingerprint density at radius 3 is 2.71 bits per heavy atom. The molecule has 1 atom stereocenters. The topological polar surface area (TPSA) is 57.8 Å². The van der Waals surface area contributed by atoms with Gasteiger partial charge in [0.25, 0.3) is 5.56 Å². The highest BCUT2D eigenvalue weighted by atomic mass is 16.3. The molecular weight excluding hydrogens is 302 g/mol. The summed E-state index contributed by atoms with van der Waals surface area (Å²) in [5, 5.41) is 9.36. The molecule has 0 aliphatic carbocycles. The minimum absolute atomic E-state index is 0.0600. The molecule has 3 rings (SSSR count). The van der Waals surface area contributed by atoms with Crippen LogP contribution in [0.3, 0.4) is 0 Å². The molecule has 0 amide bonds. The zero-order chi connectivity index (χ0) is 17.1. The number of aromatic nitrogens is 2. The first kappa shape index (κ1) is 16.2. The molecule has 1 unspecified atom stereocenters. The minimum atomic E-state index is -0.0600. The van der Waals surface area contributed by atoms with Crippen molar-refractivity contribution < 1.29 is 5.11 Å². The molecule has 2 heterocycles. The van der Waals surface area contributed by atoms with Crippen molar-refractivity contribution in [2.75, 3.05) is 7.05 Å². The van der Waals surface area contributed by atoms with E-state index >= 15 is 0 Å². The fourth-order valence-corrected chi connectivity index (χ4v) is 2.72. The average Bonchev–Trinajstić information content (AvgIpc) is 2.57. The van der Waals surface area contributed by atoms with E-state index in [-0.39, 0.29) is 17.4 Å². The maximum atomic E-state index is 12.2. The molecule has 0 aliphatic rings. The lowest BCUT2D eigenvalue weighted by Gasteiger charge is -2.24. The van der Waals surface area contributed by atoms with Gasteiger partial charge in [-0.15, -0.1) is 0 Å². The van der Waals surface area contributed by atoms with Gasteiger partial charge in [-0.1, -0.05) is 18.2 Å². The number of hydrogen-bond acceptors (Lipinski definition) is 4. The lowest BCUT2D eigenvalue weighted by Crippen LogP contribution is -2.31. The quantitative estimate of drug-likeness (QED) is 0.783. The third-order valence-corrected chi connectivity index (χ3v) is 4.26. The van der Waals surface area contributed by atoms with Crippen molar-refractivity contribution in [3.63, 3.8) is 0 Å². The van der Waals surface area contributed by atoms with Crippen LogP contribution < -0.4 is 5.56 Å². The summed E-state index contributed by atoms with van der Waals surface area (Å²) < 4.78 is 1.55. The van der Waals surface area contributed by atoms with Crippen LogP contribution in [0.5, 0.6) is 5.75 Å². The smallest absolute Gasteiger partial charge is 0.258 e. The number of phenols is 1. The van der Waals surface area contributed by atoms with Crippen molar-refractivity contribution in [3.8, 4) is 5.75 Å². The van der Waals surface area contributed by atoms with E-state index in [4.69, 9.17) is 0 Å². The van der Waals surface area contributed by atoms with Crippen LogP contribution in [0, 0.1) is 0 Å². The Morgan fingerprint density at radius 2 is 1.96 bits per heavy atom.